The first kappa shape index (κ1) is 12.0. The van der Waals surface area contributed by atoms with E-state index in [1.807, 2.05) is 6.07 Å². The van der Waals surface area contributed by atoms with Gasteiger partial charge in [0.2, 0.25) is 0 Å². The molecule has 0 radical (unpaired) electrons. The molecule has 17 heavy (non-hydrogen) atoms. The van der Waals surface area contributed by atoms with Crippen molar-refractivity contribution in [2.45, 2.75) is 38.8 Å². The summed E-state index contributed by atoms with van der Waals surface area (Å²) < 4.78 is 13.3. The number of nitrogens with zero attached hydrogens (tertiary/aromatic N) is 2. The van der Waals surface area contributed by atoms with Crippen LogP contribution in [0.25, 0.3) is 0 Å². The van der Waals surface area contributed by atoms with E-state index in [4.69, 9.17) is 0 Å². The number of anilines is 1. The Kier molecular flexibility index (Phi) is 3.41. The zero-order valence-corrected chi connectivity index (χ0v) is 10.2. The van der Waals surface area contributed by atoms with Crippen molar-refractivity contribution in [1.29, 1.82) is 0 Å². The van der Waals surface area contributed by atoms with Crippen molar-refractivity contribution >= 4 is 11.7 Å². The van der Waals surface area contributed by atoms with Crippen molar-refractivity contribution in [3.8, 4) is 0 Å². The lowest BCUT2D eigenvalue weighted by molar-refractivity contribution is -0.124. The van der Waals surface area contributed by atoms with E-state index < -0.39 is 12.1 Å². The number of carbonyl (C=O) groups excluding carboxylic acids is 1. The molecule has 1 aliphatic rings. The van der Waals surface area contributed by atoms with Gasteiger partial charge in [-0.05, 0) is 30.4 Å². The van der Waals surface area contributed by atoms with Gasteiger partial charge in [0.15, 0.2) is 6.17 Å². The van der Waals surface area contributed by atoms with Crippen LogP contribution in [-0.2, 0) is 4.79 Å². The SMILES string of the molecule is CC(C)c1ccc(N2CCCC(F)C2=O)nc1. The second-order valence-corrected chi connectivity index (χ2v) is 4.70. The molecule has 1 aromatic heterocycles. The number of hydrogen-bond acceptors (Lipinski definition) is 2. The highest BCUT2D eigenvalue weighted by Crippen LogP contribution is 2.22. The predicted molar refractivity (Wildman–Crippen MR) is 64.8 cm³/mol. The summed E-state index contributed by atoms with van der Waals surface area (Å²) in [5, 5.41) is 0. The van der Waals surface area contributed by atoms with Gasteiger partial charge < -0.3 is 0 Å². The van der Waals surface area contributed by atoms with Gasteiger partial charge >= 0.3 is 0 Å². The highest BCUT2D eigenvalue weighted by Gasteiger charge is 2.29. The van der Waals surface area contributed by atoms with Crippen LogP contribution in [0.3, 0.4) is 0 Å². The Morgan fingerprint density at radius 3 is 2.82 bits per heavy atom. The van der Waals surface area contributed by atoms with Crippen LogP contribution >= 0.6 is 0 Å². The Balaban J connectivity index is 2.19. The fraction of sp³-hybridized carbons (Fsp3) is 0.538. The average Bonchev–Trinajstić information content (AvgIpc) is 2.33. The molecular weight excluding hydrogens is 219 g/mol. The summed E-state index contributed by atoms with van der Waals surface area (Å²) in [7, 11) is 0. The number of aromatic nitrogens is 1. The highest BCUT2D eigenvalue weighted by atomic mass is 19.1. The Morgan fingerprint density at radius 2 is 2.24 bits per heavy atom. The summed E-state index contributed by atoms with van der Waals surface area (Å²) in [4.78, 5) is 17.3. The third-order valence-electron chi connectivity index (χ3n) is 3.09. The number of hydrogen-bond donors (Lipinski definition) is 0. The fourth-order valence-electron chi connectivity index (χ4n) is 1.96. The molecule has 0 N–H and O–H groups in total. The van der Waals surface area contributed by atoms with Crippen LogP contribution in [0.1, 0.15) is 38.2 Å². The minimum absolute atomic E-state index is 0.333. The van der Waals surface area contributed by atoms with E-state index in [0.29, 0.717) is 31.1 Å². The summed E-state index contributed by atoms with van der Waals surface area (Å²) in [5.41, 5.74) is 1.12. The zero-order chi connectivity index (χ0) is 12.4. The van der Waals surface area contributed by atoms with Gasteiger partial charge in [-0.2, -0.15) is 0 Å². The molecular formula is C13H17FN2O. The first-order valence-electron chi connectivity index (χ1n) is 6.01. The van der Waals surface area contributed by atoms with Crippen LogP contribution in [0.2, 0.25) is 0 Å². The molecule has 0 spiro atoms. The molecule has 1 aromatic rings. The fourth-order valence-corrected chi connectivity index (χ4v) is 1.96. The van der Waals surface area contributed by atoms with Crippen molar-refractivity contribution in [3.63, 3.8) is 0 Å². The third-order valence-corrected chi connectivity index (χ3v) is 3.09. The topological polar surface area (TPSA) is 33.2 Å². The van der Waals surface area contributed by atoms with E-state index in [2.05, 4.69) is 18.8 Å². The molecule has 1 saturated heterocycles. The highest BCUT2D eigenvalue weighted by molar-refractivity contribution is 5.96. The number of piperidine rings is 1. The molecule has 1 fully saturated rings. The van der Waals surface area contributed by atoms with Crippen molar-refractivity contribution < 1.29 is 9.18 Å². The predicted octanol–water partition coefficient (Wildman–Crippen LogP) is 2.67. The average molecular weight is 236 g/mol. The molecule has 1 aliphatic heterocycles. The minimum atomic E-state index is -1.37. The molecule has 2 heterocycles. The molecule has 92 valence electrons. The lowest BCUT2D eigenvalue weighted by Gasteiger charge is -2.28. The van der Waals surface area contributed by atoms with E-state index >= 15 is 0 Å². The van der Waals surface area contributed by atoms with Crippen molar-refractivity contribution in [2.75, 3.05) is 11.4 Å². The molecule has 2 rings (SSSR count). The van der Waals surface area contributed by atoms with Crippen LogP contribution in [0.5, 0.6) is 0 Å². The molecule has 1 unspecified atom stereocenters. The maximum atomic E-state index is 13.3. The minimum Gasteiger partial charge on any atom is -0.294 e. The van der Waals surface area contributed by atoms with Gasteiger partial charge in [0.05, 0.1) is 0 Å². The maximum Gasteiger partial charge on any atom is 0.262 e. The summed E-state index contributed by atoms with van der Waals surface area (Å²) in [5.74, 6) is 0.505. The molecule has 1 atom stereocenters. The van der Waals surface area contributed by atoms with Crippen molar-refractivity contribution in [2.24, 2.45) is 0 Å². The third kappa shape index (κ3) is 2.46. The van der Waals surface area contributed by atoms with Crippen LogP contribution < -0.4 is 4.90 Å². The molecule has 0 saturated carbocycles. The van der Waals surface area contributed by atoms with Gasteiger partial charge in [-0.3, -0.25) is 9.69 Å². The van der Waals surface area contributed by atoms with Crippen LogP contribution in [0.15, 0.2) is 18.3 Å². The largest absolute Gasteiger partial charge is 0.294 e. The van der Waals surface area contributed by atoms with Crippen LogP contribution in [0.4, 0.5) is 10.2 Å². The van der Waals surface area contributed by atoms with E-state index in [1.54, 1.807) is 12.3 Å². The summed E-state index contributed by atoms with van der Waals surface area (Å²) in [6.45, 7) is 4.73. The number of amides is 1. The first-order valence-corrected chi connectivity index (χ1v) is 6.01. The Hall–Kier alpha value is -1.45. The second-order valence-electron chi connectivity index (χ2n) is 4.70. The van der Waals surface area contributed by atoms with Gasteiger partial charge in [-0.15, -0.1) is 0 Å². The normalized spacial score (nSPS) is 21.1. The van der Waals surface area contributed by atoms with Crippen LogP contribution in [0, 0.1) is 0 Å². The molecule has 0 aromatic carbocycles. The van der Waals surface area contributed by atoms with Crippen molar-refractivity contribution in [1.82, 2.24) is 4.98 Å². The smallest absolute Gasteiger partial charge is 0.262 e. The van der Waals surface area contributed by atoms with Gasteiger partial charge in [0.25, 0.3) is 5.91 Å². The standard InChI is InChI=1S/C13H17FN2O/c1-9(2)10-5-6-12(15-8-10)16-7-3-4-11(14)13(16)17/h5-6,8-9,11H,3-4,7H2,1-2H3. The molecule has 1 amide bonds. The Bertz CT molecular complexity index is 402. The quantitative estimate of drug-likeness (QED) is 0.791. The lowest BCUT2D eigenvalue weighted by Crippen LogP contribution is -2.42. The van der Waals surface area contributed by atoms with E-state index in [1.165, 1.54) is 4.90 Å². The number of carbonyl (C=O) groups is 1. The number of alkyl halides is 1. The summed E-state index contributed by atoms with van der Waals surface area (Å²) in [6.07, 6.45) is 1.42. The van der Waals surface area contributed by atoms with Gasteiger partial charge in [-0.1, -0.05) is 19.9 Å². The first-order chi connectivity index (χ1) is 8.09. The molecule has 4 heteroatoms. The number of pyridine rings is 1. The van der Waals surface area contributed by atoms with Crippen LogP contribution in [-0.4, -0.2) is 23.6 Å². The van der Waals surface area contributed by atoms with Gasteiger partial charge in [0, 0.05) is 12.7 Å². The summed E-state index contributed by atoms with van der Waals surface area (Å²) in [6, 6.07) is 3.74. The maximum absolute atomic E-state index is 13.3. The lowest BCUT2D eigenvalue weighted by atomic mass is 10.1. The van der Waals surface area contributed by atoms with Crippen molar-refractivity contribution in [3.05, 3.63) is 23.9 Å². The van der Waals surface area contributed by atoms with E-state index in [0.717, 1.165) is 5.56 Å². The molecule has 3 nitrogen and oxygen atoms in total. The van der Waals surface area contributed by atoms with Gasteiger partial charge in [-0.25, -0.2) is 9.37 Å². The Morgan fingerprint density at radius 1 is 1.47 bits per heavy atom. The molecule has 0 aliphatic carbocycles. The van der Waals surface area contributed by atoms with E-state index in [-0.39, 0.29) is 0 Å². The monoisotopic (exact) mass is 236 g/mol. The molecule has 0 bridgehead atoms. The van der Waals surface area contributed by atoms with Gasteiger partial charge in [0.1, 0.15) is 5.82 Å². The second kappa shape index (κ2) is 4.82. The van der Waals surface area contributed by atoms with E-state index in [9.17, 15) is 9.18 Å². The number of rotatable bonds is 2. The zero-order valence-electron chi connectivity index (χ0n) is 10.2. The number of halogens is 1. The summed E-state index contributed by atoms with van der Waals surface area (Å²) >= 11 is 0. The Labute approximate surface area is 101 Å².